The first-order valence-corrected chi connectivity index (χ1v) is 13.9. The molecule has 194 valence electrons. The first-order valence-electron chi connectivity index (χ1n) is 13.1. The molecule has 36 heavy (non-hydrogen) atoms. The van der Waals surface area contributed by atoms with Gasteiger partial charge in [0, 0.05) is 19.1 Å². The minimum atomic E-state index is -0.675. The van der Waals surface area contributed by atoms with Gasteiger partial charge in [0.15, 0.2) is 5.79 Å². The van der Waals surface area contributed by atoms with E-state index in [0.29, 0.717) is 5.95 Å². The van der Waals surface area contributed by atoms with E-state index < -0.39 is 5.79 Å². The van der Waals surface area contributed by atoms with Gasteiger partial charge in [-0.25, -0.2) is 9.97 Å². The van der Waals surface area contributed by atoms with Gasteiger partial charge >= 0.3 is 0 Å². The largest absolute Gasteiger partial charge is 0.396 e. The van der Waals surface area contributed by atoms with Crippen LogP contribution in [0.3, 0.4) is 0 Å². The van der Waals surface area contributed by atoms with Crippen molar-refractivity contribution in [2.75, 3.05) is 23.8 Å². The number of unbranched alkanes of at least 4 members (excludes halogenated alkanes) is 3. The van der Waals surface area contributed by atoms with Crippen LogP contribution in [0.15, 0.2) is 24.3 Å². The highest BCUT2D eigenvalue weighted by Gasteiger charge is 2.54. The molecule has 1 aliphatic carbocycles. The van der Waals surface area contributed by atoms with Gasteiger partial charge in [-0.05, 0) is 45.7 Å². The zero-order valence-electron chi connectivity index (χ0n) is 21.6. The molecule has 8 nitrogen and oxygen atoms in total. The third-order valence-electron chi connectivity index (χ3n) is 7.05. The predicted molar refractivity (Wildman–Crippen MR) is 144 cm³/mol. The van der Waals surface area contributed by atoms with E-state index in [4.69, 9.17) is 24.4 Å². The van der Waals surface area contributed by atoms with Crippen LogP contribution < -0.4 is 10.6 Å². The van der Waals surface area contributed by atoms with Crippen LogP contribution in [0, 0.1) is 12.8 Å². The van der Waals surface area contributed by atoms with Crippen molar-refractivity contribution in [2.24, 2.45) is 5.92 Å². The van der Waals surface area contributed by atoms with Gasteiger partial charge in [-0.1, -0.05) is 38.3 Å². The van der Waals surface area contributed by atoms with Crippen LogP contribution in [0.2, 0.25) is 0 Å². The van der Waals surface area contributed by atoms with E-state index in [2.05, 4.69) is 23.6 Å². The Balaban J connectivity index is 1.47. The van der Waals surface area contributed by atoms with Gasteiger partial charge in [0.2, 0.25) is 5.95 Å². The summed E-state index contributed by atoms with van der Waals surface area (Å²) in [7, 11) is 0. The molecular weight excluding hydrogens is 474 g/mol. The fraction of sp³-hybridized carbons (Fsp3) is 0.593. The molecule has 1 aliphatic heterocycles. The SMILES string of the molecule is CCCCCCNc1nc(C)c(-c2nc3ccccc3s2)c(NC2CC(CO)C3OC(C)(C)OC23)n1. The molecule has 2 aliphatic rings. The molecule has 1 saturated heterocycles. The van der Waals surface area contributed by atoms with Gasteiger partial charge in [-0.2, -0.15) is 4.98 Å². The Labute approximate surface area is 216 Å². The summed E-state index contributed by atoms with van der Waals surface area (Å²) >= 11 is 1.65. The third-order valence-corrected chi connectivity index (χ3v) is 8.10. The van der Waals surface area contributed by atoms with Crippen LogP contribution in [0.25, 0.3) is 20.8 Å². The molecule has 0 amide bonds. The highest BCUT2D eigenvalue weighted by Crippen LogP contribution is 2.44. The van der Waals surface area contributed by atoms with Crippen molar-refractivity contribution < 1.29 is 14.6 Å². The summed E-state index contributed by atoms with van der Waals surface area (Å²) in [6.45, 7) is 9.00. The zero-order valence-corrected chi connectivity index (χ0v) is 22.4. The Bertz CT molecular complexity index is 1170. The minimum absolute atomic E-state index is 0.0132. The van der Waals surface area contributed by atoms with E-state index in [1.807, 2.05) is 39.0 Å². The molecule has 5 rings (SSSR count). The quantitative estimate of drug-likeness (QED) is 0.313. The maximum atomic E-state index is 10.0. The van der Waals surface area contributed by atoms with Crippen LogP contribution in [0.1, 0.15) is 58.6 Å². The Morgan fingerprint density at radius 2 is 1.89 bits per heavy atom. The number of aromatic nitrogens is 3. The van der Waals surface area contributed by atoms with Gasteiger partial charge in [0.25, 0.3) is 0 Å². The lowest BCUT2D eigenvalue weighted by Crippen LogP contribution is -2.35. The number of thiazole rings is 1. The lowest BCUT2D eigenvalue weighted by atomic mass is 10.1. The molecule has 4 atom stereocenters. The van der Waals surface area contributed by atoms with Crippen molar-refractivity contribution in [3.05, 3.63) is 30.0 Å². The second-order valence-corrected chi connectivity index (χ2v) is 11.4. The predicted octanol–water partition coefficient (Wildman–Crippen LogP) is 5.37. The van der Waals surface area contributed by atoms with Crippen LogP contribution in [0.5, 0.6) is 0 Å². The van der Waals surface area contributed by atoms with Gasteiger partial charge in [-0.15, -0.1) is 11.3 Å². The second kappa shape index (κ2) is 10.6. The highest BCUT2D eigenvalue weighted by atomic mass is 32.1. The summed E-state index contributed by atoms with van der Waals surface area (Å²) < 4.78 is 13.6. The summed E-state index contributed by atoms with van der Waals surface area (Å²) in [5.74, 6) is 0.701. The first-order chi connectivity index (χ1) is 17.4. The lowest BCUT2D eigenvalue weighted by molar-refractivity contribution is -0.158. The maximum absolute atomic E-state index is 10.0. The molecule has 2 aromatic heterocycles. The number of hydrogen-bond acceptors (Lipinski definition) is 9. The van der Waals surface area contributed by atoms with Gasteiger partial charge < -0.3 is 25.2 Å². The lowest BCUT2D eigenvalue weighted by Gasteiger charge is -2.25. The minimum Gasteiger partial charge on any atom is -0.396 e. The fourth-order valence-electron chi connectivity index (χ4n) is 5.33. The van der Waals surface area contributed by atoms with E-state index in [9.17, 15) is 5.11 Å². The molecule has 2 fully saturated rings. The number of nitrogens with one attached hydrogen (secondary N) is 2. The zero-order chi connectivity index (χ0) is 25.3. The Hall–Kier alpha value is -2.33. The molecule has 3 heterocycles. The van der Waals surface area contributed by atoms with E-state index in [1.54, 1.807) is 11.3 Å². The number of rotatable bonds is 10. The molecule has 4 unspecified atom stereocenters. The topological polar surface area (TPSA) is 101 Å². The Kier molecular flexibility index (Phi) is 7.44. The van der Waals surface area contributed by atoms with Crippen LogP contribution in [-0.4, -0.2) is 57.2 Å². The summed E-state index contributed by atoms with van der Waals surface area (Å²) in [4.78, 5) is 14.6. The number of aliphatic hydroxyl groups excluding tert-OH is 1. The van der Waals surface area contributed by atoms with Crippen molar-refractivity contribution >= 4 is 33.3 Å². The number of anilines is 2. The number of fused-ring (bicyclic) bond motifs is 2. The van der Waals surface area contributed by atoms with Crippen molar-refractivity contribution in [3.63, 3.8) is 0 Å². The summed E-state index contributed by atoms with van der Waals surface area (Å²) in [5, 5.41) is 18.0. The number of hydrogen-bond donors (Lipinski definition) is 3. The standard InChI is InChI=1S/C27H37N5O3S/c1-5-6-7-10-13-28-26-29-16(2)21(25-31-18-11-8-9-12-20(18)36-25)24(32-26)30-19-14-17(15-33)22-23(19)35-27(3,4)34-22/h8-9,11-12,17,19,22-23,33H,5-7,10,13-15H2,1-4H3,(H2,28,29,30,32). The normalized spacial score (nSPS) is 24.8. The van der Waals surface area contributed by atoms with Gasteiger partial charge in [0.05, 0.1) is 33.6 Å². The van der Waals surface area contributed by atoms with Crippen molar-refractivity contribution in [1.82, 2.24) is 15.0 Å². The molecular formula is C27H37N5O3S. The van der Waals surface area contributed by atoms with Crippen LogP contribution in [0.4, 0.5) is 11.8 Å². The number of nitrogens with zero attached hydrogens (tertiary/aromatic N) is 3. The number of aryl methyl sites for hydroxylation is 1. The van der Waals surface area contributed by atoms with Gasteiger partial charge in [0.1, 0.15) is 16.9 Å². The summed E-state index contributed by atoms with van der Waals surface area (Å²) in [6, 6.07) is 8.11. The van der Waals surface area contributed by atoms with Crippen molar-refractivity contribution in [2.45, 2.75) is 83.8 Å². The number of benzene rings is 1. The maximum Gasteiger partial charge on any atom is 0.224 e. The van der Waals surface area contributed by atoms with E-state index in [0.717, 1.165) is 51.7 Å². The fourth-order valence-corrected chi connectivity index (χ4v) is 6.39. The summed E-state index contributed by atoms with van der Waals surface area (Å²) in [5.41, 5.74) is 2.76. The van der Waals surface area contributed by atoms with E-state index >= 15 is 0 Å². The number of para-hydroxylation sites is 1. The molecule has 9 heteroatoms. The number of aliphatic hydroxyl groups is 1. The molecule has 1 saturated carbocycles. The molecule has 0 radical (unpaired) electrons. The summed E-state index contributed by atoms with van der Waals surface area (Å²) in [6.07, 6.45) is 5.15. The van der Waals surface area contributed by atoms with Crippen molar-refractivity contribution in [1.29, 1.82) is 0 Å². The Morgan fingerprint density at radius 3 is 2.67 bits per heavy atom. The van der Waals surface area contributed by atoms with Gasteiger partial charge in [-0.3, -0.25) is 0 Å². The van der Waals surface area contributed by atoms with Crippen LogP contribution in [-0.2, 0) is 9.47 Å². The average Bonchev–Trinajstić information content (AvgIpc) is 3.49. The van der Waals surface area contributed by atoms with Crippen molar-refractivity contribution in [3.8, 4) is 10.6 Å². The monoisotopic (exact) mass is 511 g/mol. The molecule has 0 spiro atoms. The Morgan fingerprint density at radius 1 is 1.08 bits per heavy atom. The smallest absolute Gasteiger partial charge is 0.224 e. The average molecular weight is 512 g/mol. The highest BCUT2D eigenvalue weighted by molar-refractivity contribution is 7.21. The van der Waals surface area contributed by atoms with E-state index in [-0.39, 0.29) is 30.8 Å². The molecule has 3 aromatic rings. The van der Waals surface area contributed by atoms with E-state index in [1.165, 1.54) is 19.3 Å². The molecule has 0 bridgehead atoms. The first kappa shape index (κ1) is 25.3. The second-order valence-electron chi connectivity index (χ2n) is 10.3. The van der Waals surface area contributed by atoms with Crippen LogP contribution >= 0.6 is 11.3 Å². The molecule has 1 aromatic carbocycles. The third kappa shape index (κ3) is 5.20. The number of ether oxygens (including phenoxy) is 2. The molecule has 3 N–H and O–H groups in total.